The molecule has 5 nitrogen and oxygen atoms in total. The fourth-order valence-corrected chi connectivity index (χ4v) is 11.1. The molecule has 0 radical (unpaired) electrons. The van der Waals surface area contributed by atoms with E-state index < -0.39 is 0 Å². The second-order valence-corrected chi connectivity index (χ2v) is 23.1. The molecule has 9 aromatic rings. The Balaban J connectivity index is 1.28. The molecule has 0 unspecified atom stereocenters. The molecule has 0 fully saturated rings. The van der Waals surface area contributed by atoms with Crippen LogP contribution in [0, 0.1) is 11.3 Å². The topological polar surface area (TPSA) is 48.3 Å². The van der Waals surface area contributed by atoms with Gasteiger partial charge in [-0.05, 0) is 127 Å². The number of rotatable bonds is 1. The predicted molar refractivity (Wildman–Crippen MR) is 275 cm³/mol. The zero-order chi connectivity index (χ0) is 45.4. The van der Waals surface area contributed by atoms with Gasteiger partial charge in [0.1, 0.15) is 11.2 Å². The lowest BCUT2D eigenvalue weighted by Crippen LogP contribution is -2.62. The average molecular weight is 847 g/mol. The summed E-state index contributed by atoms with van der Waals surface area (Å²) < 4.78 is 9.14. The highest BCUT2D eigenvalue weighted by Gasteiger charge is 2.48. The van der Waals surface area contributed by atoms with Gasteiger partial charge in [0.15, 0.2) is 0 Å². The summed E-state index contributed by atoms with van der Waals surface area (Å²) in [6.45, 7) is 27.8. The van der Waals surface area contributed by atoms with E-state index in [0.717, 1.165) is 50.4 Å². The average Bonchev–Trinajstić information content (AvgIpc) is 3.80. The normalized spacial score (nSPS) is 14.4. The fourth-order valence-electron chi connectivity index (χ4n) is 11.1. The number of nitrogens with zero attached hydrogens (tertiary/aromatic N) is 4. The Labute approximate surface area is 383 Å². The number of hydrogen-bond donors (Lipinski definition) is 0. The summed E-state index contributed by atoms with van der Waals surface area (Å²) in [5.74, 6) is 0. The maximum absolute atomic E-state index is 11.1. The Morgan fingerprint density at radius 2 is 1.08 bits per heavy atom. The first-order valence-electron chi connectivity index (χ1n) is 23.3. The van der Waals surface area contributed by atoms with Crippen LogP contribution in [-0.4, -0.2) is 11.3 Å². The minimum absolute atomic E-state index is 0.0174. The summed E-state index contributed by atoms with van der Waals surface area (Å²) in [4.78, 5) is 5.00. The van der Waals surface area contributed by atoms with E-state index in [4.69, 9.17) is 4.42 Å². The van der Waals surface area contributed by atoms with Gasteiger partial charge in [0.2, 0.25) is 0 Å². The molecule has 0 aliphatic carbocycles. The van der Waals surface area contributed by atoms with Crippen molar-refractivity contribution < 1.29 is 4.42 Å². The van der Waals surface area contributed by atoms with E-state index in [9.17, 15) is 5.26 Å². The van der Waals surface area contributed by atoms with Crippen LogP contribution in [0.25, 0.3) is 49.4 Å². The van der Waals surface area contributed by atoms with Crippen molar-refractivity contribution in [1.29, 1.82) is 5.26 Å². The van der Waals surface area contributed by atoms with Crippen LogP contribution in [-0.2, 0) is 21.7 Å². The first-order chi connectivity index (χ1) is 30.7. The lowest BCUT2D eigenvalue weighted by molar-refractivity contribution is 0.590. The molecule has 12 rings (SSSR count). The number of fused-ring (bicyclic) bond motifs is 12. The molecule has 6 heteroatoms. The van der Waals surface area contributed by atoms with E-state index >= 15 is 0 Å². The number of nitriles is 1. The number of para-hydroxylation sites is 1. The number of hydrogen-bond acceptors (Lipinski definition) is 4. The van der Waals surface area contributed by atoms with Crippen LogP contribution in [0.2, 0.25) is 0 Å². The second kappa shape index (κ2) is 12.8. The molecule has 5 heterocycles. The summed E-state index contributed by atoms with van der Waals surface area (Å²) in [5, 5.41) is 15.8. The molecular weight excluding hydrogens is 791 g/mol. The van der Waals surface area contributed by atoms with Crippen LogP contribution in [0.15, 0.2) is 120 Å². The van der Waals surface area contributed by atoms with Crippen molar-refractivity contribution in [3.8, 4) is 11.8 Å². The van der Waals surface area contributed by atoms with Crippen molar-refractivity contribution in [2.75, 3.05) is 9.80 Å². The van der Waals surface area contributed by atoms with Crippen LogP contribution in [0.3, 0.4) is 0 Å². The molecule has 3 aliphatic heterocycles. The molecule has 0 bridgehead atoms. The summed E-state index contributed by atoms with van der Waals surface area (Å²) in [5.41, 5.74) is 21.1. The van der Waals surface area contributed by atoms with E-state index in [1.807, 2.05) is 6.07 Å². The monoisotopic (exact) mass is 846 g/mol. The van der Waals surface area contributed by atoms with Gasteiger partial charge >= 0.3 is 0 Å². The van der Waals surface area contributed by atoms with Crippen molar-refractivity contribution >= 4 is 101 Å². The third-order valence-electron chi connectivity index (χ3n) is 14.7. The smallest absolute Gasteiger partial charge is 0.252 e. The highest BCUT2D eigenvalue weighted by atomic mass is 16.3. The van der Waals surface area contributed by atoms with Gasteiger partial charge in [-0.25, -0.2) is 0 Å². The van der Waals surface area contributed by atoms with Crippen molar-refractivity contribution in [2.45, 2.75) is 105 Å². The lowest BCUT2D eigenvalue weighted by atomic mass is 9.33. The van der Waals surface area contributed by atoms with Crippen LogP contribution < -0.4 is 26.2 Å². The van der Waals surface area contributed by atoms with E-state index in [0.29, 0.717) is 5.56 Å². The Bertz CT molecular complexity index is 3620. The summed E-state index contributed by atoms with van der Waals surface area (Å²) in [7, 11) is 0. The zero-order valence-corrected chi connectivity index (χ0v) is 39.7. The van der Waals surface area contributed by atoms with E-state index in [1.165, 1.54) is 71.8 Å². The number of anilines is 6. The van der Waals surface area contributed by atoms with Gasteiger partial charge in [-0.15, -0.1) is 0 Å². The molecular formula is C59H55BN4O. The molecule has 320 valence electrons. The van der Waals surface area contributed by atoms with Crippen LogP contribution >= 0.6 is 0 Å². The van der Waals surface area contributed by atoms with Gasteiger partial charge in [-0.2, -0.15) is 5.26 Å². The highest BCUT2D eigenvalue weighted by molar-refractivity contribution is 7.00. The third-order valence-corrected chi connectivity index (χ3v) is 14.7. The molecule has 0 N–H and O–H groups in total. The van der Waals surface area contributed by atoms with Gasteiger partial charge in [-0.1, -0.05) is 132 Å². The molecule has 2 aromatic heterocycles. The number of benzene rings is 7. The van der Waals surface area contributed by atoms with Gasteiger partial charge < -0.3 is 18.8 Å². The molecule has 0 atom stereocenters. The minimum Gasteiger partial charge on any atom is -0.456 e. The first-order valence-corrected chi connectivity index (χ1v) is 23.3. The van der Waals surface area contributed by atoms with Crippen molar-refractivity contribution in [3.63, 3.8) is 0 Å². The van der Waals surface area contributed by atoms with Crippen molar-refractivity contribution in [2.24, 2.45) is 0 Å². The SMILES string of the molecule is CC(C)(C)c1ccc2c(c1)B1c3cc(C(C)(C)C)cc4c3N(c3cc(C#N)cc(c31)N2c1cccc2oc3ccccc3c12)c1cc(C(C)(C)C)cc2c3cc(C(C)(C)C)ccc3n-4c12. The molecule has 7 aromatic carbocycles. The summed E-state index contributed by atoms with van der Waals surface area (Å²) in [6, 6.07) is 45.9. The van der Waals surface area contributed by atoms with Gasteiger partial charge in [-0.3, -0.25) is 0 Å². The zero-order valence-electron chi connectivity index (χ0n) is 39.7. The van der Waals surface area contributed by atoms with Gasteiger partial charge in [0.25, 0.3) is 6.71 Å². The number of aromatic nitrogens is 1. The Hall–Kier alpha value is -6.71. The molecule has 0 saturated heterocycles. The molecule has 65 heavy (non-hydrogen) atoms. The third kappa shape index (κ3) is 5.51. The highest BCUT2D eigenvalue weighted by Crippen LogP contribution is 2.55. The predicted octanol–water partition coefficient (Wildman–Crippen LogP) is 14.1. The Kier molecular flexibility index (Phi) is 7.82. The fraction of sp³-hybridized carbons (Fsp3) is 0.271. The summed E-state index contributed by atoms with van der Waals surface area (Å²) in [6.07, 6.45) is 0. The standard InChI is InChI=1S/C59H55BN4O/c1-56(2,3)34-20-22-43-39(26-34)40-27-36(58(7,8)9)30-48-54(40)63(43)49-31-37(59(10,11)12)29-42-55(49)64(48)47-25-33(32-61)24-46-53(47)60(42)41-28-35(57(4,5)6)21-23-44(41)62(46)45-17-15-19-51-52(45)38-16-13-14-18-50(38)65-51/h13-31H,1-12H3. The molecule has 3 aliphatic rings. The van der Waals surface area contributed by atoms with Crippen LogP contribution in [0.1, 0.15) is 111 Å². The summed E-state index contributed by atoms with van der Waals surface area (Å²) >= 11 is 0. The quantitative estimate of drug-likeness (QED) is 0.154. The lowest BCUT2D eigenvalue weighted by Gasteiger charge is -2.47. The largest absolute Gasteiger partial charge is 0.456 e. The Morgan fingerprint density at radius 1 is 0.477 bits per heavy atom. The maximum atomic E-state index is 11.1. The van der Waals surface area contributed by atoms with E-state index in [-0.39, 0.29) is 28.4 Å². The van der Waals surface area contributed by atoms with Crippen molar-refractivity contribution in [3.05, 3.63) is 143 Å². The maximum Gasteiger partial charge on any atom is 0.252 e. The van der Waals surface area contributed by atoms with Crippen molar-refractivity contribution in [1.82, 2.24) is 4.57 Å². The molecule has 0 amide bonds. The van der Waals surface area contributed by atoms with Crippen LogP contribution in [0.5, 0.6) is 0 Å². The Morgan fingerprint density at radius 3 is 1.78 bits per heavy atom. The second-order valence-electron chi connectivity index (χ2n) is 23.1. The molecule has 0 saturated carbocycles. The molecule has 0 spiro atoms. The van der Waals surface area contributed by atoms with E-state index in [1.54, 1.807) is 0 Å². The first kappa shape index (κ1) is 39.9. The van der Waals surface area contributed by atoms with Gasteiger partial charge in [0.05, 0.1) is 50.8 Å². The van der Waals surface area contributed by atoms with Crippen LogP contribution in [0.4, 0.5) is 34.1 Å². The van der Waals surface area contributed by atoms with Gasteiger partial charge in [0, 0.05) is 33.2 Å². The number of furan rings is 1. The van der Waals surface area contributed by atoms with E-state index in [2.05, 4.69) is 213 Å². The minimum atomic E-state index is -0.142.